The molecule has 3 atom stereocenters. The number of nitrogens with zero attached hydrogens (tertiary/aromatic N) is 2. The molecule has 2 aliphatic carbocycles. The fourth-order valence-electron chi connectivity index (χ4n) is 3.24. The van der Waals surface area contributed by atoms with Crippen molar-refractivity contribution in [2.75, 3.05) is 5.75 Å². The van der Waals surface area contributed by atoms with E-state index in [1.165, 1.54) is 24.6 Å². The van der Waals surface area contributed by atoms with Crippen LogP contribution in [-0.4, -0.2) is 27.8 Å². The smallest absolute Gasteiger partial charge is 0.316 e. The molecule has 0 spiro atoms. The first-order valence-corrected chi connectivity index (χ1v) is 8.10. The minimum Gasteiger partial charge on any atom is -0.461 e. The molecule has 0 amide bonds. The Labute approximate surface area is 123 Å². The Morgan fingerprint density at radius 1 is 1.45 bits per heavy atom. The largest absolute Gasteiger partial charge is 0.461 e. The quantitative estimate of drug-likeness (QED) is 0.485. The molecule has 3 rings (SSSR count). The van der Waals surface area contributed by atoms with Crippen molar-refractivity contribution in [2.24, 2.45) is 11.3 Å². The molecule has 1 aromatic rings. The number of thioether (sulfide) groups is 1. The Balaban J connectivity index is 1.50. The van der Waals surface area contributed by atoms with E-state index < -0.39 is 0 Å². The van der Waals surface area contributed by atoms with Crippen LogP contribution >= 0.6 is 11.8 Å². The Morgan fingerprint density at radius 3 is 2.65 bits per heavy atom. The molecule has 0 N–H and O–H groups in total. The van der Waals surface area contributed by atoms with Gasteiger partial charge in [0.1, 0.15) is 6.10 Å². The first-order chi connectivity index (χ1) is 9.47. The molecule has 0 unspecified atom stereocenters. The van der Waals surface area contributed by atoms with E-state index in [2.05, 4.69) is 16.9 Å². The lowest BCUT2D eigenvalue weighted by Crippen LogP contribution is -2.59. The zero-order chi connectivity index (χ0) is 14.3. The lowest BCUT2D eigenvalue weighted by Gasteiger charge is -2.61. The number of aromatic nitrogens is 2. The van der Waals surface area contributed by atoms with E-state index in [4.69, 9.17) is 4.74 Å². The van der Waals surface area contributed by atoms with Gasteiger partial charge in [0.25, 0.3) is 0 Å². The lowest BCUT2D eigenvalue weighted by atomic mass is 9.47. The standard InChI is InChI=1S/C15H20N2O2S/c1-9-6-10(2)17-14(16-9)20-8-13(18)19-12-7-11-4-5-15(11,12)3/h6,11-12H,4-5,7-8H2,1-3H3/t11-,12-,15+/m1/s1. The van der Waals surface area contributed by atoms with Crippen molar-refractivity contribution in [3.8, 4) is 0 Å². The Kier molecular flexibility index (Phi) is 3.48. The number of carbonyl (C=O) groups excluding carboxylic acids is 1. The second-order valence-corrected chi connectivity index (χ2v) is 7.12. The molecule has 0 saturated heterocycles. The van der Waals surface area contributed by atoms with Crippen molar-refractivity contribution < 1.29 is 9.53 Å². The van der Waals surface area contributed by atoms with Crippen LogP contribution in [0.5, 0.6) is 0 Å². The molecular weight excluding hydrogens is 272 g/mol. The number of esters is 1. The summed E-state index contributed by atoms with van der Waals surface area (Å²) in [6, 6.07) is 1.92. The van der Waals surface area contributed by atoms with Crippen LogP contribution in [0.4, 0.5) is 0 Å². The molecule has 108 valence electrons. The molecule has 20 heavy (non-hydrogen) atoms. The molecule has 0 radical (unpaired) electrons. The minimum atomic E-state index is -0.144. The van der Waals surface area contributed by atoms with Gasteiger partial charge in [0.05, 0.1) is 5.75 Å². The summed E-state index contributed by atoms with van der Waals surface area (Å²) in [5, 5.41) is 0.654. The number of hydrogen-bond acceptors (Lipinski definition) is 5. The fourth-order valence-corrected chi connectivity index (χ4v) is 3.97. The van der Waals surface area contributed by atoms with Crippen LogP contribution in [0.2, 0.25) is 0 Å². The maximum atomic E-state index is 11.9. The van der Waals surface area contributed by atoms with Gasteiger partial charge in [0.15, 0.2) is 5.16 Å². The normalized spacial score (nSPS) is 30.9. The monoisotopic (exact) mass is 292 g/mol. The van der Waals surface area contributed by atoms with Gasteiger partial charge in [-0.1, -0.05) is 18.7 Å². The third-order valence-corrected chi connectivity index (χ3v) is 5.57. The van der Waals surface area contributed by atoms with E-state index in [0.29, 0.717) is 10.9 Å². The molecule has 5 heteroatoms. The van der Waals surface area contributed by atoms with Crippen molar-refractivity contribution in [2.45, 2.75) is 51.3 Å². The first-order valence-electron chi connectivity index (χ1n) is 7.12. The molecule has 2 saturated carbocycles. The summed E-state index contributed by atoms with van der Waals surface area (Å²) in [6.45, 7) is 6.11. The molecule has 1 heterocycles. The van der Waals surface area contributed by atoms with E-state index >= 15 is 0 Å². The summed E-state index contributed by atoms with van der Waals surface area (Å²) in [4.78, 5) is 20.5. The summed E-state index contributed by atoms with van der Waals surface area (Å²) < 4.78 is 5.59. The van der Waals surface area contributed by atoms with Crippen LogP contribution < -0.4 is 0 Å². The van der Waals surface area contributed by atoms with E-state index in [0.717, 1.165) is 23.7 Å². The predicted molar refractivity (Wildman–Crippen MR) is 77.6 cm³/mol. The third kappa shape index (κ3) is 2.43. The fraction of sp³-hybridized carbons (Fsp3) is 0.667. The van der Waals surface area contributed by atoms with Gasteiger partial charge in [-0.15, -0.1) is 0 Å². The van der Waals surface area contributed by atoms with Gasteiger partial charge in [-0.2, -0.15) is 0 Å². The number of fused-ring (bicyclic) bond motifs is 1. The third-order valence-electron chi connectivity index (χ3n) is 4.75. The predicted octanol–water partition coefficient (Wildman–Crippen LogP) is 2.92. The summed E-state index contributed by atoms with van der Waals surface area (Å²) in [5.74, 6) is 0.935. The van der Waals surface area contributed by atoms with Gasteiger partial charge in [-0.3, -0.25) is 4.79 Å². The molecule has 2 aliphatic rings. The highest BCUT2D eigenvalue weighted by atomic mass is 32.2. The molecule has 1 aromatic heterocycles. The van der Waals surface area contributed by atoms with Crippen LogP contribution in [-0.2, 0) is 9.53 Å². The molecule has 2 fully saturated rings. The van der Waals surface area contributed by atoms with Crippen LogP contribution in [0.1, 0.15) is 37.6 Å². The highest BCUT2D eigenvalue weighted by Crippen LogP contribution is 2.61. The van der Waals surface area contributed by atoms with Gasteiger partial charge in [0.2, 0.25) is 0 Å². The Morgan fingerprint density at radius 2 is 2.15 bits per heavy atom. The topological polar surface area (TPSA) is 52.1 Å². The lowest BCUT2D eigenvalue weighted by molar-refractivity contribution is -0.205. The Hall–Kier alpha value is -1.10. The van der Waals surface area contributed by atoms with E-state index in [-0.39, 0.29) is 17.5 Å². The molecule has 0 aliphatic heterocycles. The molecule has 0 bridgehead atoms. The highest BCUT2D eigenvalue weighted by Gasteiger charge is 2.59. The van der Waals surface area contributed by atoms with E-state index in [1.807, 2.05) is 19.9 Å². The number of carbonyl (C=O) groups is 1. The molecular formula is C15H20N2O2S. The molecule has 0 aromatic carbocycles. The van der Waals surface area contributed by atoms with Crippen molar-refractivity contribution >= 4 is 17.7 Å². The summed E-state index contributed by atoms with van der Waals surface area (Å²) in [5.41, 5.74) is 2.13. The van der Waals surface area contributed by atoms with E-state index in [1.54, 1.807) is 0 Å². The van der Waals surface area contributed by atoms with E-state index in [9.17, 15) is 4.79 Å². The Bertz CT molecular complexity index is 528. The summed E-state index contributed by atoms with van der Waals surface area (Å²) in [7, 11) is 0. The zero-order valence-electron chi connectivity index (χ0n) is 12.2. The van der Waals surface area contributed by atoms with Crippen LogP contribution in [0.25, 0.3) is 0 Å². The average molecular weight is 292 g/mol. The summed E-state index contributed by atoms with van der Waals surface area (Å²) >= 11 is 1.36. The second-order valence-electron chi connectivity index (χ2n) is 6.18. The van der Waals surface area contributed by atoms with Gasteiger partial charge < -0.3 is 4.74 Å². The summed E-state index contributed by atoms with van der Waals surface area (Å²) in [6.07, 6.45) is 3.68. The number of hydrogen-bond donors (Lipinski definition) is 0. The van der Waals surface area contributed by atoms with Gasteiger partial charge >= 0.3 is 5.97 Å². The van der Waals surface area contributed by atoms with Gasteiger partial charge in [-0.25, -0.2) is 9.97 Å². The first kappa shape index (κ1) is 13.9. The zero-order valence-corrected chi connectivity index (χ0v) is 13.0. The second kappa shape index (κ2) is 5.02. The van der Waals surface area contributed by atoms with Crippen LogP contribution in [0.15, 0.2) is 11.2 Å². The number of ether oxygens (including phenoxy) is 1. The average Bonchev–Trinajstić information content (AvgIpc) is 2.38. The van der Waals surface area contributed by atoms with Crippen molar-refractivity contribution in [1.29, 1.82) is 0 Å². The SMILES string of the molecule is Cc1cc(C)nc(SCC(=O)O[C@@H]2C[C@H]3CC[C@@]32C)n1. The maximum Gasteiger partial charge on any atom is 0.316 e. The van der Waals surface area contributed by atoms with Crippen molar-refractivity contribution in [3.05, 3.63) is 17.5 Å². The van der Waals surface area contributed by atoms with Crippen molar-refractivity contribution in [3.63, 3.8) is 0 Å². The number of rotatable bonds is 4. The van der Waals surface area contributed by atoms with Gasteiger partial charge in [0, 0.05) is 16.8 Å². The number of aryl methyl sites for hydroxylation is 2. The van der Waals surface area contributed by atoms with Gasteiger partial charge in [-0.05, 0) is 45.1 Å². The maximum absolute atomic E-state index is 11.9. The minimum absolute atomic E-state index is 0.134. The highest BCUT2D eigenvalue weighted by molar-refractivity contribution is 7.99. The van der Waals surface area contributed by atoms with Crippen molar-refractivity contribution in [1.82, 2.24) is 9.97 Å². The molecule has 4 nitrogen and oxygen atoms in total. The van der Waals surface area contributed by atoms with Crippen LogP contribution in [0.3, 0.4) is 0 Å². The van der Waals surface area contributed by atoms with Crippen LogP contribution in [0, 0.1) is 25.2 Å².